The molecule has 3 aromatic rings. The molecule has 2 N–H and O–H groups in total. The summed E-state index contributed by atoms with van der Waals surface area (Å²) in [6.45, 7) is 2.34. The van der Waals surface area contributed by atoms with Gasteiger partial charge < -0.3 is 14.8 Å². The summed E-state index contributed by atoms with van der Waals surface area (Å²) in [5.41, 5.74) is 2.65. The van der Waals surface area contributed by atoms with Gasteiger partial charge >= 0.3 is 0 Å². The molecule has 0 fully saturated rings. The molecule has 1 heterocycles. The van der Waals surface area contributed by atoms with E-state index in [0.717, 1.165) is 11.1 Å². The van der Waals surface area contributed by atoms with Crippen molar-refractivity contribution in [2.45, 2.75) is 32.3 Å². The minimum absolute atomic E-state index is 0.151. The third-order valence-corrected chi connectivity index (χ3v) is 5.14. The van der Waals surface area contributed by atoms with Crippen molar-refractivity contribution in [3.63, 3.8) is 0 Å². The first-order valence-electron chi connectivity index (χ1n) is 9.21. The minimum Gasteiger partial charge on any atom is -0.421 e. The highest BCUT2D eigenvalue weighted by molar-refractivity contribution is 6.42. The highest BCUT2D eigenvalue weighted by atomic mass is 35.5. The summed E-state index contributed by atoms with van der Waals surface area (Å²) in [4.78, 5) is 12.0. The van der Waals surface area contributed by atoms with E-state index in [1.54, 1.807) is 18.2 Å². The maximum absolute atomic E-state index is 12.0. The number of hydrogen-bond acceptors (Lipinski definition) is 5. The maximum atomic E-state index is 12.0. The lowest BCUT2D eigenvalue weighted by Crippen LogP contribution is -2.25. The second-order valence-corrected chi connectivity index (χ2v) is 7.51. The van der Waals surface area contributed by atoms with Crippen LogP contribution in [0.15, 0.2) is 46.9 Å². The van der Waals surface area contributed by atoms with Crippen LogP contribution in [0.1, 0.15) is 36.0 Å². The number of aromatic nitrogens is 2. The smallest absolute Gasteiger partial charge is 0.247 e. The van der Waals surface area contributed by atoms with Crippen LogP contribution in [0.2, 0.25) is 10.0 Å². The third-order valence-electron chi connectivity index (χ3n) is 4.40. The molecule has 6 nitrogen and oxygen atoms in total. The van der Waals surface area contributed by atoms with E-state index in [2.05, 4.69) is 15.5 Å². The lowest BCUT2D eigenvalue weighted by atomic mass is 10.1. The standard InChI is InChI=1S/C21H21Cl2N3O3/c1-13-2-4-14(5-3-13)21-26-25-20(29-21)9-8-19(28)24-11-10-18(27)15-6-7-16(22)17(23)12-15/h2-7,12,18,27H,8-11H2,1H3,(H,24,28). The zero-order valence-electron chi connectivity index (χ0n) is 15.9. The van der Waals surface area contributed by atoms with Gasteiger partial charge in [0.25, 0.3) is 0 Å². The molecule has 0 aliphatic heterocycles. The average molecular weight is 434 g/mol. The summed E-state index contributed by atoms with van der Waals surface area (Å²) < 4.78 is 5.62. The van der Waals surface area contributed by atoms with Crippen molar-refractivity contribution in [3.8, 4) is 11.5 Å². The average Bonchev–Trinajstić information content (AvgIpc) is 3.18. The molecule has 0 aliphatic carbocycles. The molecule has 0 saturated carbocycles. The topological polar surface area (TPSA) is 88.2 Å². The van der Waals surface area contributed by atoms with Crippen LogP contribution >= 0.6 is 23.2 Å². The number of hydrogen-bond donors (Lipinski definition) is 2. The summed E-state index contributed by atoms with van der Waals surface area (Å²) in [6.07, 6.45) is 0.193. The molecule has 3 rings (SSSR count). The lowest BCUT2D eigenvalue weighted by molar-refractivity contribution is -0.121. The zero-order valence-corrected chi connectivity index (χ0v) is 17.4. The molecule has 8 heteroatoms. The number of aliphatic hydroxyl groups is 1. The molecule has 0 aliphatic rings. The number of rotatable bonds is 8. The van der Waals surface area contributed by atoms with Crippen LogP contribution in [0.5, 0.6) is 0 Å². The van der Waals surface area contributed by atoms with Gasteiger partial charge in [-0.2, -0.15) is 0 Å². The molecular weight excluding hydrogens is 413 g/mol. The molecule has 0 saturated heterocycles. The Labute approximate surface area is 178 Å². The highest BCUT2D eigenvalue weighted by Gasteiger charge is 2.12. The molecule has 1 atom stereocenters. The number of nitrogens with one attached hydrogen (secondary N) is 1. The molecule has 1 unspecified atom stereocenters. The number of carbonyl (C=O) groups excluding carboxylic acids is 1. The van der Waals surface area contributed by atoms with Crippen molar-refractivity contribution in [1.82, 2.24) is 15.5 Å². The van der Waals surface area contributed by atoms with Crippen molar-refractivity contribution < 1.29 is 14.3 Å². The van der Waals surface area contributed by atoms with E-state index in [1.165, 1.54) is 0 Å². The first-order chi connectivity index (χ1) is 13.9. The summed E-state index contributed by atoms with van der Waals surface area (Å²) in [7, 11) is 0. The van der Waals surface area contributed by atoms with Crippen molar-refractivity contribution in [2.75, 3.05) is 6.54 Å². The quantitative estimate of drug-likeness (QED) is 0.544. The Hall–Kier alpha value is -2.41. The predicted octanol–water partition coefficient (Wildman–Crippen LogP) is 4.52. The summed E-state index contributed by atoms with van der Waals surface area (Å²) >= 11 is 11.8. The lowest BCUT2D eigenvalue weighted by Gasteiger charge is -2.12. The van der Waals surface area contributed by atoms with E-state index < -0.39 is 6.10 Å². The van der Waals surface area contributed by atoms with Gasteiger partial charge in [-0.1, -0.05) is 47.0 Å². The van der Waals surface area contributed by atoms with Gasteiger partial charge in [0.1, 0.15) is 0 Å². The monoisotopic (exact) mass is 433 g/mol. The number of carbonyl (C=O) groups is 1. The summed E-state index contributed by atoms with van der Waals surface area (Å²) in [6, 6.07) is 12.7. The van der Waals surface area contributed by atoms with Crippen LogP contribution in [0.3, 0.4) is 0 Å². The number of aliphatic hydroxyl groups excluding tert-OH is 1. The van der Waals surface area contributed by atoms with E-state index in [1.807, 2.05) is 31.2 Å². The largest absolute Gasteiger partial charge is 0.421 e. The third kappa shape index (κ3) is 6.03. The summed E-state index contributed by atoms with van der Waals surface area (Å²) in [5.74, 6) is 0.693. The zero-order chi connectivity index (χ0) is 20.8. The number of benzene rings is 2. The van der Waals surface area contributed by atoms with Crippen LogP contribution in [-0.2, 0) is 11.2 Å². The van der Waals surface area contributed by atoms with Gasteiger partial charge in [0.2, 0.25) is 17.7 Å². The fourth-order valence-corrected chi connectivity index (χ4v) is 3.02. The van der Waals surface area contributed by atoms with Gasteiger partial charge in [0.05, 0.1) is 16.1 Å². The normalized spacial score (nSPS) is 12.0. The Kier molecular flexibility index (Phi) is 7.25. The van der Waals surface area contributed by atoms with Crippen molar-refractivity contribution >= 4 is 29.1 Å². The number of aryl methyl sites for hydroxylation is 2. The number of nitrogens with zero attached hydrogens (tertiary/aromatic N) is 2. The van der Waals surface area contributed by atoms with Gasteiger partial charge in [0, 0.05) is 24.9 Å². The Morgan fingerprint density at radius 2 is 1.90 bits per heavy atom. The summed E-state index contributed by atoms with van der Waals surface area (Å²) in [5, 5.41) is 21.8. The van der Waals surface area contributed by atoms with E-state index in [-0.39, 0.29) is 12.3 Å². The van der Waals surface area contributed by atoms with Gasteiger partial charge in [0.15, 0.2) is 0 Å². The van der Waals surface area contributed by atoms with Gasteiger partial charge in [-0.05, 0) is 43.2 Å². The number of halogens is 2. The van der Waals surface area contributed by atoms with E-state index in [9.17, 15) is 9.90 Å². The molecule has 152 valence electrons. The molecule has 1 amide bonds. The van der Waals surface area contributed by atoms with Crippen LogP contribution in [0, 0.1) is 6.92 Å². The molecule has 2 aromatic carbocycles. The van der Waals surface area contributed by atoms with Crippen molar-refractivity contribution in [3.05, 3.63) is 69.5 Å². The fourth-order valence-electron chi connectivity index (χ4n) is 2.71. The first-order valence-corrected chi connectivity index (χ1v) is 9.97. The predicted molar refractivity (Wildman–Crippen MR) is 112 cm³/mol. The molecular formula is C21H21Cl2N3O3. The van der Waals surface area contributed by atoms with Crippen LogP contribution in [-0.4, -0.2) is 27.8 Å². The van der Waals surface area contributed by atoms with Crippen LogP contribution in [0.4, 0.5) is 0 Å². The van der Waals surface area contributed by atoms with Gasteiger partial charge in [-0.3, -0.25) is 4.79 Å². The SMILES string of the molecule is Cc1ccc(-c2nnc(CCC(=O)NCCC(O)c3ccc(Cl)c(Cl)c3)o2)cc1. The molecule has 1 aromatic heterocycles. The van der Waals surface area contributed by atoms with Crippen molar-refractivity contribution in [2.24, 2.45) is 0 Å². The second-order valence-electron chi connectivity index (χ2n) is 6.69. The number of amides is 1. The van der Waals surface area contributed by atoms with E-state index in [4.69, 9.17) is 27.6 Å². The fraction of sp³-hybridized carbons (Fsp3) is 0.286. The van der Waals surface area contributed by atoms with Gasteiger partial charge in [-0.25, -0.2) is 0 Å². The van der Waals surface area contributed by atoms with Crippen molar-refractivity contribution in [1.29, 1.82) is 0 Å². The van der Waals surface area contributed by atoms with E-state index >= 15 is 0 Å². The minimum atomic E-state index is -0.738. The Bertz CT molecular complexity index is 974. The molecule has 0 spiro atoms. The van der Waals surface area contributed by atoms with Gasteiger partial charge in [-0.15, -0.1) is 10.2 Å². The van der Waals surface area contributed by atoms with E-state index in [0.29, 0.717) is 46.8 Å². The molecule has 0 bridgehead atoms. The Morgan fingerprint density at radius 3 is 2.62 bits per heavy atom. The second kappa shape index (κ2) is 9.87. The van der Waals surface area contributed by atoms with Crippen LogP contribution < -0.4 is 5.32 Å². The molecule has 29 heavy (non-hydrogen) atoms. The van der Waals surface area contributed by atoms with Crippen LogP contribution in [0.25, 0.3) is 11.5 Å². The highest BCUT2D eigenvalue weighted by Crippen LogP contribution is 2.26. The maximum Gasteiger partial charge on any atom is 0.247 e. The Morgan fingerprint density at radius 1 is 1.14 bits per heavy atom. The Balaban J connectivity index is 1.42. The first kappa shape index (κ1) is 21.3. The molecule has 0 radical (unpaired) electrons.